The molecule has 13 heavy (non-hydrogen) atoms. The van der Waals surface area contributed by atoms with Crippen molar-refractivity contribution in [1.82, 2.24) is 0 Å². The molecule has 0 fully saturated rings. The molecule has 0 amide bonds. The van der Waals surface area contributed by atoms with Gasteiger partial charge in [0.05, 0.1) is 19.9 Å². The number of nitrogens with one attached hydrogen (secondary N) is 1. The molecule has 1 rings (SSSR count). The lowest BCUT2D eigenvalue weighted by molar-refractivity contribution is 0.390. The van der Waals surface area contributed by atoms with E-state index in [0.717, 1.165) is 17.0 Å². The minimum Gasteiger partial charge on any atom is -0.496 e. The van der Waals surface area contributed by atoms with Gasteiger partial charge in [0.15, 0.2) is 0 Å². The van der Waals surface area contributed by atoms with Crippen LogP contribution in [0.25, 0.3) is 0 Å². The Bertz CT molecular complexity index is 300. The lowest BCUT2D eigenvalue weighted by Crippen LogP contribution is -2.09. The number of nitrogens with two attached hydrogens (primary N) is 1. The fraction of sp³-hybridized carbons (Fsp3) is 0.333. The van der Waals surface area contributed by atoms with E-state index in [1.54, 1.807) is 14.2 Å². The SMILES string of the molecule is COc1ccc(NN)c(OC)c1C. The summed E-state index contributed by atoms with van der Waals surface area (Å²) in [7, 11) is 3.22. The number of benzene rings is 1. The number of hydrogen-bond donors (Lipinski definition) is 2. The molecule has 3 N–H and O–H groups in total. The summed E-state index contributed by atoms with van der Waals surface area (Å²) in [6, 6.07) is 3.65. The summed E-state index contributed by atoms with van der Waals surface area (Å²) in [6.45, 7) is 1.92. The lowest BCUT2D eigenvalue weighted by Gasteiger charge is -2.13. The number of hydrazine groups is 1. The minimum absolute atomic E-state index is 0.710. The molecule has 0 saturated carbocycles. The third-order valence-corrected chi connectivity index (χ3v) is 1.94. The summed E-state index contributed by atoms with van der Waals surface area (Å²) in [4.78, 5) is 0. The van der Waals surface area contributed by atoms with E-state index >= 15 is 0 Å². The van der Waals surface area contributed by atoms with Gasteiger partial charge in [0, 0.05) is 5.56 Å². The average Bonchev–Trinajstić information content (AvgIpc) is 2.17. The van der Waals surface area contributed by atoms with Crippen LogP contribution in [0.1, 0.15) is 5.56 Å². The summed E-state index contributed by atoms with van der Waals surface area (Å²) in [5, 5.41) is 0. The van der Waals surface area contributed by atoms with Crippen LogP contribution < -0.4 is 20.7 Å². The molecule has 0 aliphatic carbocycles. The Hall–Kier alpha value is -1.42. The van der Waals surface area contributed by atoms with Crippen molar-refractivity contribution in [3.63, 3.8) is 0 Å². The van der Waals surface area contributed by atoms with E-state index in [2.05, 4.69) is 5.43 Å². The van der Waals surface area contributed by atoms with E-state index in [-0.39, 0.29) is 0 Å². The molecule has 4 nitrogen and oxygen atoms in total. The van der Waals surface area contributed by atoms with E-state index in [0.29, 0.717) is 5.75 Å². The van der Waals surface area contributed by atoms with Crippen LogP contribution in [0.5, 0.6) is 11.5 Å². The highest BCUT2D eigenvalue weighted by Gasteiger charge is 2.09. The molecular weight excluding hydrogens is 168 g/mol. The van der Waals surface area contributed by atoms with Crippen molar-refractivity contribution in [1.29, 1.82) is 0 Å². The molecule has 0 spiro atoms. The van der Waals surface area contributed by atoms with Crippen LogP contribution in [-0.2, 0) is 0 Å². The maximum absolute atomic E-state index is 5.32. The van der Waals surface area contributed by atoms with Crippen LogP contribution in [0.3, 0.4) is 0 Å². The maximum atomic E-state index is 5.32. The largest absolute Gasteiger partial charge is 0.496 e. The zero-order valence-corrected chi connectivity index (χ0v) is 8.05. The van der Waals surface area contributed by atoms with Crippen LogP contribution >= 0.6 is 0 Å². The van der Waals surface area contributed by atoms with Gasteiger partial charge in [0.2, 0.25) is 0 Å². The van der Waals surface area contributed by atoms with Gasteiger partial charge in [-0.1, -0.05) is 0 Å². The van der Waals surface area contributed by atoms with E-state index in [1.165, 1.54) is 0 Å². The van der Waals surface area contributed by atoms with Crippen LogP contribution in [0.4, 0.5) is 5.69 Å². The molecule has 1 aromatic rings. The minimum atomic E-state index is 0.710. The molecule has 1 aromatic carbocycles. The van der Waals surface area contributed by atoms with Crippen molar-refractivity contribution in [2.75, 3.05) is 19.6 Å². The Morgan fingerprint density at radius 1 is 1.23 bits per heavy atom. The Kier molecular flexibility index (Phi) is 2.97. The van der Waals surface area contributed by atoms with E-state index in [1.807, 2.05) is 19.1 Å². The number of methoxy groups -OCH3 is 2. The molecule has 0 unspecified atom stereocenters. The Balaban J connectivity index is 3.23. The smallest absolute Gasteiger partial charge is 0.149 e. The highest BCUT2D eigenvalue weighted by molar-refractivity contribution is 5.63. The second kappa shape index (κ2) is 4.00. The first-order valence-electron chi connectivity index (χ1n) is 3.92. The number of anilines is 1. The molecule has 0 atom stereocenters. The summed E-state index contributed by atoms with van der Waals surface area (Å²) in [5.41, 5.74) is 4.24. The summed E-state index contributed by atoms with van der Waals surface area (Å²) >= 11 is 0. The fourth-order valence-corrected chi connectivity index (χ4v) is 1.27. The Morgan fingerprint density at radius 3 is 2.38 bits per heavy atom. The average molecular weight is 182 g/mol. The first-order valence-corrected chi connectivity index (χ1v) is 3.92. The zero-order valence-electron chi connectivity index (χ0n) is 8.05. The third kappa shape index (κ3) is 1.67. The van der Waals surface area contributed by atoms with Crippen molar-refractivity contribution in [2.45, 2.75) is 6.92 Å². The van der Waals surface area contributed by atoms with Crippen molar-refractivity contribution < 1.29 is 9.47 Å². The van der Waals surface area contributed by atoms with Crippen LogP contribution in [0.15, 0.2) is 12.1 Å². The number of nitrogen functional groups attached to an aromatic ring is 1. The summed E-state index contributed by atoms with van der Waals surface area (Å²) < 4.78 is 10.3. The fourth-order valence-electron chi connectivity index (χ4n) is 1.27. The first kappa shape index (κ1) is 9.67. The number of ether oxygens (including phenoxy) is 2. The summed E-state index contributed by atoms with van der Waals surface area (Å²) in [5.74, 6) is 6.81. The first-order chi connectivity index (χ1) is 6.24. The van der Waals surface area contributed by atoms with Gasteiger partial charge in [-0.25, -0.2) is 0 Å². The van der Waals surface area contributed by atoms with Crippen molar-refractivity contribution in [3.05, 3.63) is 17.7 Å². The molecule has 0 aromatic heterocycles. The van der Waals surface area contributed by atoms with Crippen LogP contribution in [0.2, 0.25) is 0 Å². The number of rotatable bonds is 3. The molecule has 4 heteroatoms. The van der Waals surface area contributed by atoms with Crippen molar-refractivity contribution >= 4 is 5.69 Å². The van der Waals surface area contributed by atoms with Crippen LogP contribution in [-0.4, -0.2) is 14.2 Å². The quantitative estimate of drug-likeness (QED) is 0.546. The van der Waals surface area contributed by atoms with Gasteiger partial charge in [-0.15, -0.1) is 0 Å². The van der Waals surface area contributed by atoms with Gasteiger partial charge in [-0.3, -0.25) is 5.84 Å². The van der Waals surface area contributed by atoms with Crippen molar-refractivity contribution in [3.8, 4) is 11.5 Å². The standard InChI is InChI=1S/C9H14N2O2/c1-6-8(12-2)5-4-7(11-10)9(6)13-3/h4-5,11H,10H2,1-3H3. The topological polar surface area (TPSA) is 56.5 Å². The predicted molar refractivity (Wildman–Crippen MR) is 52.1 cm³/mol. The predicted octanol–water partition coefficient (Wildman–Crippen LogP) is 1.30. The highest BCUT2D eigenvalue weighted by atomic mass is 16.5. The molecule has 72 valence electrons. The zero-order chi connectivity index (χ0) is 9.84. The van der Waals surface area contributed by atoms with E-state index in [9.17, 15) is 0 Å². The van der Waals surface area contributed by atoms with Crippen molar-refractivity contribution in [2.24, 2.45) is 5.84 Å². The lowest BCUT2D eigenvalue weighted by atomic mass is 10.1. The third-order valence-electron chi connectivity index (χ3n) is 1.94. The van der Waals surface area contributed by atoms with Gasteiger partial charge in [-0.2, -0.15) is 0 Å². The molecule has 0 aliphatic heterocycles. The summed E-state index contributed by atoms with van der Waals surface area (Å²) in [6.07, 6.45) is 0. The van der Waals surface area contributed by atoms with Crippen LogP contribution in [0, 0.1) is 6.92 Å². The van der Waals surface area contributed by atoms with Gasteiger partial charge in [0.25, 0.3) is 0 Å². The van der Waals surface area contributed by atoms with Gasteiger partial charge in [-0.05, 0) is 19.1 Å². The Labute approximate surface area is 77.6 Å². The molecule has 0 aliphatic rings. The Morgan fingerprint density at radius 2 is 1.92 bits per heavy atom. The molecule has 0 bridgehead atoms. The highest BCUT2D eigenvalue weighted by Crippen LogP contribution is 2.33. The second-order valence-electron chi connectivity index (χ2n) is 2.62. The van der Waals surface area contributed by atoms with Gasteiger partial charge < -0.3 is 14.9 Å². The maximum Gasteiger partial charge on any atom is 0.149 e. The van der Waals surface area contributed by atoms with E-state index in [4.69, 9.17) is 15.3 Å². The molecular formula is C9H14N2O2. The molecule has 0 saturated heterocycles. The van der Waals surface area contributed by atoms with Gasteiger partial charge >= 0.3 is 0 Å². The monoisotopic (exact) mass is 182 g/mol. The van der Waals surface area contributed by atoms with Gasteiger partial charge in [0.1, 0.15) is 11.5 Å². The van der Waals surface area contributed by atoms with E-state index < -0.39 is 0 Å². The molecule has 0 radical (unpaired) electrons. The normalized spacial score (nSPS) is 9.54. The second-order valence-corrected chi connectivity index (χ2v) is 2.62. The number of hydrogen-bond acceptors (Lipinski definition) is 4. The molecule has 0 heterocycles.